The molecule has 0 spiro atoms. The fourth-order valence-corrected chi connectivity index (χ4v) is 12.8. The van der Waals surface area contributed by atoms with Gasteiger partial charge in [0.15, 0.2) is 0 Å². The highest BCUT2D eigenvalue weighted by Gasteiger charge is 2.32. The van der Waals surface area contributed by atoms with E-state index in [-0.39, 0.29) is 26.2 Å². The SMILES string of the molecule is CNS(=O)(=O)c1ccccc1-c1ccc2nc(/C=C/c3ccc(OC(F)(F)F)cc3)[nH]c2c1.CNS(=O)(=O)c1ccccc1-c1ccc2nc(/C=C/c3cccc(OC(F)(F)F)c3)[nH]c2c1.CNS(=O)(=O)c1ccccc1-c1ccc2nc(/C=C/c3ccccc3Cl)[nH]c2c1. The number of benzene rings is 9. The monoisotopic (exact) mass is 1370 g/mol. The number of fused-ring (bicyclic) bond motifs is 3. The Balaban J connectivity index is 0.000000156. The maximum atomic E-state index is 12.4. The molecule has 3 heterocycles. The summed E-state index contributed by atoms with van der Waals surface area (Å²) in [5.41, 5.74) is 10.3. The standard InChI is InChI=1S/2C23H18F3N3O3S.C22H18ClN3O2S/c1-27-33(30,31)21-8-3-2-7-18(21)16-10-11-19-20(14-16)29-22(28-19)12-9-15-5-4-6-17(13-15)32-23(24,25)26;1-27-33(30,31)21-5-3-2-4-18(21)16-9-12-19-20(14-16)29-22(28-19)13-8-15-6-10-17(11-7-15)32-23(24,25)26;1-24-29(27,28)21-9-5-3-7-17(21)16-10-12-19-20(14-16)26-22(25-19)13-11-15-6-2-4-8-18(15)23/h2*2-14,27H,1H3,(H,28,29);2-14,24H,1H3,(H,25,26)/b12-9+;13-8+;13-11+. The Kier molecular flexibility index (Phi) is 20.4. The Labute approximate surface area is 546 Å². The number of alkyl halides is 6. The van der Waals surface area contributed by atoms with E-state index >= 15 is 0 Å². The van der Waals surface area contributed by atoms with E-state index in [0.29, 0.717) is 83.5 Å². The van der Waals surface area contributed by atoms with E-state index in [0.717, 1.165) is 22.2 Å². The van der Waals surface area contributed by atoms with Crippen LogP contribution in [0.4, 0.5) is 26.3 Å². The highest BCUT2D eigenvalue weighted by atomic mass is 35.5. The number of halogens is 7. The van der Waals surface area contributed by atoms with E-state index in [1.54, 1.807) is 115 Å². The van der Waals surface area contributed by atoms with Gasteiger partial charge in [0.2, 0.25) is 30.1 Å². The number of nitrogens with one attached hydrogen (secondary N) is 6. The summed E-state index contributed by atoms with van der Waals surface area (Å²) in [7, 11) is -6.73. The number of ether oxygens (including phenoxy) is 2. The molecule has 0 aliphatic heterocycles. The molecule has 17 nitrogen and oxygen atoms in total. The van der Waals surface area contributed by atoms with Crippen molar-refractivity contribution in [1.29, 1.82) is 0 Å². The molecule has 12 aromatic rings. The lowest BCUT2D eigenvalue weighted by molar-refractivity contribution is -0.275. The summed E-state index contributed by atoms with van der Waals surface area (Å²) >= 11 is 6.19. The molecule has 0 aliphatic carbocycles. The van der Waals surface area contributed by atoms with Crippen LogP contribution in [0.15, 0.2) is 215 Å². The second-order valence-electron chi connectivity index (χ2n) is 20.4. The smallest absolute Gasteiger partial charge is 0.406 e. The third-order valence-electron chi connectivity index (χ3n) is 14.2. The molecule has 12 rings (SSSR count). The molecule has 95 heavy (non-hydrogen) atoms. The molecule has 0 saturated carbocycles. The molecular formula is C68H54ClF6N9O8S3. The highest BCUT2D eigenvalue weighted by Crippen LogP contribution is 2.34. The number of hydrogen-bond donors (Lipinski definition) is 6. The van der Waals surface area contributed by atoms with Crippen LogP contribution in [0.5, 0.6) is 11.5 Å². The average Bonchev–Trinajstić information content (AvgIpc) is 1.79. The van der Waals surface area contributed by atoms with Gasteiger partial charge in [0, 0.05) is 21.7 Å². The molecule has 3 aromatic heterocycles. The Morgan fingerprint density at radius 2 is 0.758 bits per heavy atom. The fraction of sp³-hybridized carbons (Fsp3) is 0.0735. The van der Waals surface area contributed by atoms with Crippen molar-refractivity contribution in [3.8, 4) is 44.9 Å². The quantitative estimate of drug-likeness (QED) is 0.0468. The van der Waals surface area contributed by atoms with Crippen molar-refractivity contribution >= 4 is 111 Å². The number of aromatic amines is 3. The number of rotatable bonds is 17. The topological polar surface area (TPSA) is 243 Å². The van der Waals surface area contributed by atoms with Crippen molar-refractivity contribution in [3.63, 3.8) is 0 Å². The first kappa shape index (κ1) is 67.7. The highest BCUT2D eigenvalue weighted by molar-refractivity contribution is 7.90. The second kappa shape index (κ2) is 28.6. The normalized spacial score (nSPS) is 12.4. The van der Waals surface area contributed by atoms with Crippen LogP contribution in [0, 0.1) is 0 Å². The van der Waals surface area contributed by atoms with Gasteiger partial charge in [0.25, 0.3) is 0 Å². The first-order valence-corrected chi connectivity index (χ1v) is 33.2. The molecule has 0 bridgehead atoms. The molecule has 0 unspecified atom stereocenters. The molecule has 0 amide bonds. The Morgan fingerprint density at radius 3 is 1.16 bits per heavy atom. The molecule has 486 valence electrons. The van der Waals surface area contributed by atoms with Crippen LogP contribution in [-0.4, -0.2) is 89.0 Å². The van der Waals surface area contributed by atoms with Crippen molar-refractivity contribution in [2.24, 2.45) is 0 Å². The van der Waals surface area contributed by atoms with Crippen LogP contribution in [0.2, 0.25) is 5.02 Å². The summed E-state index contributed by atoms with van der Waals surface area (Å²) in [6, 6.07) is 55.2. The van der Waals surface area contributed by atoms with E-state index < -0.39 is 42.8 Å². The minimum Gasteiger partial charge on any atom is -0.406 e. The number of aromatic nitrogens is 6. The zero-order chi connectivity index (χ0) is 67.7. The molecule has 0 saturated heterocycles. The van der Waals surface area contributed by atoms with Crippen LogP contribution < -0.4 is 23.6 Å². The fourth-order valence-electron chi connectivity index (χ4n) is 9.70. The maximum absolute atomic E-state index is 12.4. The van der Waals surface area contributed by atoms with Crippen molar-refractivity contribution in [2.45, 2.75) is 27.4 Å². The van der Waals surface area contributed by atoms with E-state index in [2.05, 4.69) is 53.5 Å². The van der Waals surface area contributed by atoms with Gasteiger partial charge in [-0.25, -0.2) is 54.4 Å². The van der Waals surface area contributed by atoms with Gasteiger partial charge in [-0.15, -0.1) is 26.3 Å². The maximum Gasteiger partial charge on any atom is 0.573 e. The average molecular weight is 1370 g/mol. The van der Waals surface area contributed by atoms with Gasteiger partial charge in [-0.1, -0.05) is 139 Å². The van der Waals surface area contributed by atoms with Crippen LogP contribution >= 0.6 is 11.6 Å². The van der Waals surface area contributed by atoms with Gasteiger partial charge in [-0.3, -0.25) is 0 Å². The summed E-state index contributed by atoms with van der Waals surface area (Å²) in [4.78, 5) is 23.6. The molecular weight excluding hydrogens is 1320 g/mol. The lowest BCUT2D eigenvalue weighted by Gasteiger charge is -2.09. The Hall–Kier alpha value is -10.2. The summed E-state index contributed by atoms with van der Waals surface area (Å²) in [5, 5.41) is 0.671. The van der Waals surface area contributed by atoms with Crippen molar-refractivity contribution in [2.75, 3.05) is 21.1 Å². The number of hydrogen-bond acceptors (Lipinski definition) is 11. The zero-order valence-corrected chi connectivity index (χ0v) is 53.2. The lowest BCUT2D eigenvalue weighted by atomic mass is 10.1. The molecule has 6 N–H and O–H groups in total. The first-order chi connectivity index (χ1) is 45.3. The van der Waals surface area contributed by atoms with Crippen molar-refractivity contribution in [1.82, 2.24) is 44.1 Å². The summed E-state index contributed by atoms with van der Waals surface area (Å²) in [6.45, 7) is 0. The minimum absolute atomic E-state index is 0.160. The van der Waals surface area contributed by atoms with Crippen molar-refractivity contribution < 1.29 is 61.1 Å². The zero-order valence-electron chi connectivity index (χ0n) is 50.0. The predicted molar refractivity (Wildman–Crippen MR) is 358 cm³/mol. The van der Waals surface area contributed by atoms with Gasteiger partial charge in [-0.05, 0) is 164 Å². The third kappa shape index (κ3) is 17.2. The van der Waals surface area contributed by atoms with Crippen LogP contribution in [0.3, 0.4) is 0 Å². The van der Waals surface area contributed by atoms with Gasteiger partial charge in [0.1, 0.15) is 29.0 Å². The number of H-pyrrole nitrogens is 3. The molecule has 0 radical (unpaired) electrons. The number of imidazole rings is 3. The summed E-state index contributed by atoms with van der Waals surface area (Å²) in [5.74, 6) is 1.10. The van der Waals surface area contributed by atoms with E-state index in [9.17, 15) is 51.6 Å². The number of sulfonamides is 3. The Morgan fingerprint density at radius 1 is 0.389 bits per heavy atom. The van der Waals surface area contributed by atoms with Crippen molar-refractivity contribution in [3.05, 3.63) is 239 Å². The van der Waals surface area contributed by atoms with E-state index in [1.165, 1.54) is 75.7 Å². The van der Waals surface area contributed by atoms with Gasteiger partial charge < -0.3 is 24.4 Å². The van der Waals surface area contributed by atoms with E-state index in [1.807, 2.05) is 66.7 Å². The van der Waals surface area contributed by atoms with E-state index in [4.69, 9.17) is 11.6 Å². The Bertz CT molecular complexity index is 5230. The lowest BCUT2D eigenvalue weighted by Crippen LogP contribution is -2.19. The van der Waals surface area contributed by atoms with Crippen LogP contribution in [-0.2, 0) is 30.1 Å². The van der Waals surface area contributed by atoms with Crippen LogP contribution in [0.1, 0.15) is 34.2 Å². The summed E-state index contributed by atoms with van der Waals surface area (Å²) < 4.78 is 163. The molecule has 0 atom stereocenters. The van der Waals surface area contributed by atoms with Gasteiger partial charge in [-0.2, -0.15) is 0 Å². The molecule has 27 heteroatoms. The predicted octanol–water partition coefficient (Wildman–Crippen LogP) is 15.4. The first-order valence-electron chi connectivity index (χ1n) is 28.4. The van der Waals surface area contributed by atoms with Gasteiger partial charge in [0.05, 0.1) is 47.8 Å². The largest absolute Gasteiger partial charge is 0.573 e. The molecule has 0 fully saturated rings. The minimum atomic E-state index is -4.76. The third-order valence-corrected chi connectivity index (χ3v) is 18.9. The number of nitrogens with zero attached hydrogens (tertiary/aromatic N) is 3. The second-order valence-corrected chi connectivity index (χ2v) is 26.4. The molecule has 9 aromatic carbocycles. The van der Waals surface area contributed by atoms with Gasteiger partial charge >= 0.3 is 12.7 Å². The molecule has 0 aliphatic rings. The van der Waals surface area contributed by atoms with Crippen LogP contribution in [0.25, 0.3) is 103 Å². The summed E-state index contributed by atoms with van der Waals surface area (Å²) in [6.07, 6.45) is 0.897.